The van der Waals surface area contributed by atoms with Crippen LogP contribution in [0.5, 0.6) is 11.5 Å². The number of rotatable bonds is 4. The van der Waals surface area contributed by atoms with Gasteiger partial charge in [-0.25, -0.2) is 0 Å². The molecule has 0 aromatic heterocycles. The molecule has 100 valence electrons. The Labute approximate surface area is 108 Å². The first-order valence-electron chi connectivity index (χ1n) is 6.22. The predicted molar refractivity (Wildman–Crippen MR) is 70.1 cm³/mol. The van der Waals surface area contributed by atoms with Crippen molar-refractivity contribution in [2.45, 2.75) is 12.5 Å². The Balaban J connectivity index is 2.23. The Morgan fingerprint density at radius 2 is 2.00 bits per heavy atom. The van der Waals surface area contributed by atoms with E-state index in [0.29, 0.717) is 12.0 Å². The average Bonchev–Trinajstić information content (AvgIpc) is 2.79. The summed E-state index contributed by atoms with van der Waals surface area (Å²) >= 11 is 0. The number of hydrogen-bond donors (Lipinski definition) is 1. The van der Waals surface area contributed by atoms with Crippen LogP contribution < -0.4 is 9.47 Å². The van der Waals surface area contributed by atoms with Gasteiger partial charge in [0.15, 0.2) is 11.5 Å². The van der Waals surface area contributed by atoms with Crippen molar-refractivity contribution in [3.05, 3.63) is 23.8 Å². The second-order valence-corrected chi connectivity index (χ2v) is 4.85. The number of benzene rings is 1. The van der Waals surface area contributed by atoms with Crippen molar-refractivity contribution in [3.8, 4) is 11.5 Å². The van der Waals surface area contributed by atoms with Gasteiger partial charge >= 0.3 is 0 Å². The van der Waals surface area contributed by atoms with E-state index in [1.54, 1.807) is 14.2 Å². The molecule has 0 aliphatic carbocycles. The van der Waals surface area contributed by atoms with Gasteiger partial charge in [0.1, 0.15) is 0 Å². The minimum Gasteiger partial charge on any atom is -0.493 e. The SMILES string of the molecule is COc1ccc([C@@H]2C[C@@H](CO)CN2C)cc1OC. The van der Waals surface area contributed by atoms with Gasteiger partial charge in [0.05, 0.1) is 14.2 Å². The van der Waals surface area contributed by atoms with E-state index < -0.39 is 0 Å². The lowest BCUT2D eigenvalue weighted by molar-refractivity contribution is 0.227. The van der Waals surface area contributed by atoms with Crippen LogP contribution in [0.25, 0.3) is 0 Å². The minimum atomic E-state index is 0.258. The molecule has 18 heavy (non-hydrogen) atoms. The van der Waals surface area contributed by atoms with E-state index in [0.717, 1.165) is 24.5 Å². The summed E-state index contributed by atoms with van der Waals surface area (Å²) < 4.78 is 10.6. The fraction of sp³-hybridized carbons (Fsp3) is 0.571. The molecule has 0 amide bonds. The van der Waals surface area contributed by atoms with Crippen molar-refractivity contribution < 1.29 is 14.6 Å². The first kappa shape index (κ1) is 13.2. The van der Waals surface area contributed by atoms with Crippen LogP contribution in [0.3, 0.4) is 0 Å². The van der Waals surface area contributed by atoms with Crippen LogP contribution in [0, 0.1) is 5.92 Å². The molecule has 2 atom stereocenters. The van der Waals surface area contributed by atoms with E-state index in [1.807, 2.05) is 12.1 Å². The van der Waals surface area contributed by atoms with Gasteiger partial charge in [0.25, 0.3) is 0 Å². The molecule has 1 aliphatic heterocycles. The van der Waals surface area contributed by atoms with Gasteiger partial charge in [-0.2, -0.15) is 0 Å². The Morgan fingerprint density at radius 1 is 1.28 bits per heavy atom. The first-order chi connectivity index (χ1) is 8.69. The number of methoxy groups -OCH3 is 2. The molecule has 0 bridgehead atoms. The van der Waals surface area contributed by atoms with E-state index in [-0.39, 0.29) is 6.61 Å². The second-order valence-electron chi connectivity index (χ2n) is 4.85. The molecule has 4 nitrogen and oxygen atoms in total. The van der Waals surface area contributed by atoms with Gasteiger partial charge in [-0.15, -0.1) is 0 Å². The fourth-order valence-corrected chi connectivity index (χ4v) is 2.69. The van der Waals surface area contributed by atoms with E-state index in [4.69, 9.17) is 9.47 Å². The molecule has 1 heterocycles. The third-order valence-electron chi connectivity index (χ3n) is 3.69. The van der Waals surface area contributed by atoms with Gasteiger partial charge in [0.2, 0.25) is 0 Å². The van der Waals surface area contributed by atoms with Crippen LogP contribution in [0.2, 0.25) is 0 Å². The van der Waals surface area contributed by atoms with Crippen LogP contribution in [0.1, 0.15) is 18.0 Å². The van der Waals surface area contributed by atoms with Crippen molar-refractivity contribution in [3.63, 3.8) is 0 Å². The zero-order chi connectivity index (χ0) is 13.1. The number of hydrogen-bond acceptors (Lipinski definition) is 4. The highest BCUT2D eigenvalue weighted by Gasteiger charge is 2.30. The van der Waals surface area contributed by atoms with Crippen LogP contribution >= 0.6 is 0 Å². The number of aliphatic hydroxyl groups excluding tert-OH is 1. The summed E-state index contributed by atoms with van der Waals surface area (Å²) in [6.07, 6.45) is 0.989. The van der Waals surface area contributed by atoms with Crippen LogP contribution in [-0.4, -0.2) is 44.4 Å². The lowest BCUT2D eigenvalue weighted by Gasteiger charge is -2.20. The fourth-order valence-electron chi connectivity index (χ4n) is 2.69. The average molecular weight is 251 g/mol. The first-order valence-corrected chi connectivity index (χ1v) is 6.22. The lowest BCUT2D eigenvalue weighted by atomic mass is 10.00. The molecule has 1 fully saturated rings. The molecule has 1 aliphatic rings. The molecule has 0 unspecified atom stereocenters. The van der Waals surface area contributed by atoms with Crippen LogP contribution in [-0.2, 0) is 0 Å². The van der Waals surface area contributed by atoms with E-state index in [9.17, 15) is 5.11 Å². The summed E-state index contributed by atoms with van der Waals surface area (Å²) in [4.78, 5) is 2.28. The largest absolute Gasteiger partial charge is 0.493 e. The Morgan fingerprint density at radius 3 is 2.56 bits per heavy atom. The molecule has 1 saturated heterocycles. The molecule has 0 radical (unpaired) electrons. The maximum Gasteiger partial charge on any atom is 0.161 e. The molecule has 1 aromatic rings. The van der Waals surface area contributed by atoms with E-state index in [2.05, 4.69) is 18.0 Å². The predicted octanol–water partition coefficient (Wildman–Crippen LogP) is 1.69. The normalized spacial score (nSPS) is 24.2. The zero-order valence-corrected chi connectivity index (χ0v) is 11.2. The van der Waals surface area contributed by atoms with E-state index >= 15 is 0 Å². The minimum absolute atomic E-state index is 0.258. The van der Waals surface area contributed by atoms with Crippen molar-refractivity contribution >= 4 is 0 Å². The number of aliphatic hydroxyl groups is 1. The molecule has 0 spiro atoms. The Bertz CT molecular complexity index is 408. The van der Waals surface area contributed by atoms with Crippen molar-refractivity contribution in [1.29, 1.82) is 0 Å². The summed E-state index contributed by atoms with van der Waals surface area (Å²) in [5, 5.41) is 9.26. The summed E-state index contributed by atoms with van der Waals surface area (Å²) in [5.41, 5.74) is 1.21. The number of likely N-dealkylation sites (tertiary alicyclic amines) is 1. The van der Waals surface area contributed by atoms with Gasteiger partial charge < -0.3 is 14.6 Å². The lowest BCUT2D eigenvalue weighted by Crippen LogP contribution is -2.19. The molecular weight excluding hydrogens is 230 g/mol. The van der Waals surface area contributed by atoms with Gasteiger partial charge in [-0.3, -0.25) is 4.90 Å². The topological polar surface area (TPSA) is 41.9 Å². The molecule has 4 heteroatoms. The standard InChI is InChI=1S/C14H21NO3/c1-15-8-10(9-16)6-12(15)11-4-5-13(17-2)14(7-11)18-3/h4-5,7,10,12,16H,6,8-9H2,1-3H3/t10-,12+/m1/s1. The zero-order valence-electron chi connectivity index (χ0n) is 11.2. The Kier molecular flexibility index (Phi) is 4.09. The van der Waals surface area contributed by atoms with Crippen LogP contribution in [0.15, 0.2) is 18.2 Å². The highest BCUT2D eigenvalue weighted by atomic mass is 16.5. The summed E-state index contributed by atoms with van der Waals surface area (Å²) in [6.45, 7) is 1.20. The van der Waals surface area contributed by atoms with Gasteiger partial charge in [0, 0.05) is 19.2 Å². The summed E-state index contributed by atoms with van der Waals surface area (Å²) in [7, 11) is 5.38. The molecule has 1 aromatic carbocycles. The summed E-state index contributed by atoms with van der Waals surface area (Å²) in [5.74, 6) is 1.88. The second kappa shape index (κ2) is 5.59. The third-order valence-corrected chi connectivity index (χ3v) is 3.69. The summed E-state index contributed by atoms with van der Waals surface area (Å²) in [6, 6.07) is 6.39. The van der Waals surface area contributed by atoms with Crippen molar-refractivity contribution in [2.24, 2.45) is 5.92 Å². The number of nitrogens with zero attached hydrogens (tertiary/aromatic N) is 1. The maximum absolute atomic E-state index is 9.26. The van der Waals surface area contributed by atoms with E-state index in [1.165, 1.54) is 5.56 Å². The highest BCUT2D eigenvalue weighted by Crippen LogP contribution is 2.37. The Hall–Kier alpha value is -1.26. The molecule has 2 rings (SSSR count). The molecular formula is C14H21NO3. The maximum atomic E-state index is 9.26. The van der Waals surface area contributed by atoms with Crippen molar-refractivity contribution in [2.75, 3.05) is 34.4 Å². The van der Waals surface area contributed by atoms with Gasteiger partial charge in [-0.05, 0) is 37.1 Å². The third kappa shape index (κ3) is 2.44. The van der Waals surface area contributed by atoms with Crippen LogP contribution in [0.4, 0.5) is 0 Å². The quantitative estimate of drug-likeness (QED) is 0.884. The number of ether oxygens (including phenoxy) is 2. The molecule has 0 saturated carbocycles. The van der Waals surface area contributed by atoms with Crippen molar-refractivity contribution in [1.82, 2.24) is 4.90 Å². The monoisotopic (exact) mass is 251 g/mol. The molecule has 1 N–H and O–H groups in total. The smallest absolute Gasteiger partial charge is 0.161 e. The van der Waals surface area contributed by atoms with Gasteiger partial charge in [-0.1, -0.05) is 6.07 Å². The highest BCUT2D eigenvalue weighted by molar-refractivity contribution is 5.44.